The van der Waals surface area contributed by atoms with E-state index in [0.717, 1.165) is 11.1 Å². The Morgan fingerprint density at radius 1 is 1.04 bits per heavy atom. The summed E-state index contributed by atoms with van der Waals surface area (Å²) in [5, 5.41) is 13.6. The van der Waals surface area contributed by atoms with E-state index in [9.17, 15) is 19.7 Å². The van der Waals surface area contributed by atoms with Crippen LogP contribution < -0.4 is 10.1 Å². The van der Waals surface area contributed by atoms with Gasteiger partial charge in [-0.25, -0.2) is 4.79 Å². The molecule has 0 aliphatic rings. The Balaban J connectivity index is 1.84. The van der Waals surface area contributed by atoms with Crippen molar-refractivity contribution in [1.29, 1.82) is 0 Å². The Kier molecular flexibility index (Phi) is 6.26. The average molecular weight is 358 g/mol. The number of aryl methyl sites for hydroxylation is 2. The third-order valence-corrected chi connectivity index (χ3v) is 3.52. The van der Waals surface area contributed by atoms with E-state index in [1.807, 2.05) is 32.0 Å². The highest BCUT2D eigenvalue weighted by Gasteiger charge is 2.16. The first-order valence-corrected chi connectivity index (χ1v) is 7.76. The normalized spacial score (nSPS) is 10.1. The number of hydrogen-bond donors (Lipinski definition) is 1. The topological polar surface area (TPSA) is 108 Å². The summed E-state index contributed by atoms with van der Waals surface area (Å²) in [7, 11) is 0. The number of nitrogens with one attached hydrogen (secondary N) is 1. The maximum Gasteiger partial charge on any atom is 0.344 e. The third kappa shape index (κ3) is 5.04. The molecule has 0 spiro atoms. The summed E-state index contributed by atoms with van der Waals surface area (Å²) < 4.78 is 9.93. The van der Waals surface area contributed by atoms with Crippen molar-refractivity contribution in [1.82, 2.24) is 0 Å². The van der Waals surface area contributed by atoms with Gasteiger partial charge in [-0.2, -0.15) is 0 Å². The zero-order valence-electron chi connectivity index (χ0n) is 14.4. The predicted octanol–water partition coefficient (Wildman–Crippen LogP) is 2.77. The van der Waals surface area contributed by atoms with Crippen LogP contribution in [0.15, 0.2) is 42.5 Å². The molecule has 0 aliphatic heterocycles. The number of nitro benzene ring substituents is 1. The van der Waals surface area contributed by atoms with E-state index in [-0.39, 0.29) is 11.4 Å². The van der Waals surface area contributed by atoms with Gasteiger partial charge in [-0.15, -0.1) is 0 Å². The van der Waals surface area contributed by atoms with Crippen molar-refractivity contribution in [3.05, 3.63) is 63.7 Å². The molecule has 2 rings (SSSR count). The van der Waals surface area contributed by atoms with Gasteiger partial charge in [-0.3, -0.25) is 14.9 Å². The second-order valence-electron chi connectivity index (χ2n) is 5.49. The number of anilines is 1. The number of ether oxygens (including phenoxy) is 2. The molecule has 0 aromatic heterocycles. The molecule has 1 N–H and O–H groups in total. The van der Waals surface area contributed by atoms with Crippen molar-refractivity contribution in [3.63, 3.8) is 0 Å². The summed E-state index contributed by atoms with van der Waals surface area (Å²) >= 11 is 0. The number of benzene rings is 2. The van der Waals surface area contributed by atoms with Gasteiger partial charge in [-0.1, -0.05) is 30.3 Å². The number of para-hydroxylation sites is 3. The summed E-state index contributed by atoms with van der Waals surface area (Å²) in [6, 6.07) is 11.3. The number of carbonyl (C=O) groups is 2. The Hall–Kier alpha value is -3.42. The van der Waals surface area contributed by atoms with Gasteiger partial charge in [-0.05, 0) is 31.0 Å². The maximum atomic E-state index is 11.9. The fraction of sp³-hybridized carbons (Fsp3) is 0.222. The van der Waals surface area contributed by atoms with Crippen molar-refractivity contribution in [2.24, 2.45) is 0 Å². The molecule has 1 amide bonds. The first kappa shape index (κ1) is 18.9. The maximum absolute atomic E-state index is 11.9. The lowest BCUT2D eigenvalue weighted by molar-refractivity contribution is -0.385. The van der Waals surface area contributed by atoms with Crippen LogP contribution in [0.4, 0.5) is 11.4 Å². The van der Waals surface area contributed by atoms with Crippen molar-refractivity contribution >= 4 is 23.3 Å². The molecule has 0 saturated heterocycles. The van der Waals surface area contributed by atoms with Crippen LogP contribution in [0.25, 0.3) is 0 Å². The van der Waals surface area contributed by atoms with E-state index in [0.29, 0.717) is 5.69 Å². The standard InChI is InChI=1S/C18H18N2O6/c1-12-6-5-7-13(2)18(12)19-16(21)10-26-17(22)11-25-15-9-4-3-8-14(15)20(23)24/h3-9H,10-11H2,1-2H3,(H,19,21). The second-order valence-corrected chi connectivity index (χ2v) is 5.49. The van der Waals surface area contributed by atoms with Crippen molar-refractivity contribution in [2.45, 2.75) is 13.8 Å². The van der Waals surface area contributed by atoms with E-state index < -0.39 is 30.0 Å². The largest absolute Gasteiger partial charge is 0.475 e. The van der Waals surface area contributed by atoms with Crippen LogP contribution in [0, 0.1) is 24.0 Å². The predicted molar refractivity (Wildman–Crippen MR) is 94.1 cm³/mol. The van der Waals surface area contributed by atoms with Crippen LogP contribution in [-0.4, -0.2) is 30.0 Å². The summed E-state index contributed by atoms with van der Waals surface area (Å²) in [6.07, 6.45) is 0. The second kappa shape index (κ2) is 8.61. The monoisotopic (exact) mass is 358 g/mol. The zero-order valence-corrected chi connectivity index (χ0v) is 14.4. The minimum absolute atomic E-state index is 0.0468. The molecule has 0 fully saturated rings. The number of amides is 1. The van der Waals surface area contributed by atoms with E-state index in [4.69, 9.17) is 9.47 Å². The minimum atomic E-state index is -0.806. The molecule has 0 aliphatic carbocycles. The Labute approximate surface area is 149 Å². The quantitative estimate of drug-likeness (QED) is 0.463. The summed E-state index contributed by atoms with van der Waals surface area (Å²) in [5.41, 5.74) is 2.20. The van der Waals surface area contributed by atoms with Crippen LogP contribution in [0.5, 0.6) is 5.75 Å². The molecule has 26 heavy (non-hydrogen) atoms. The zero-order chi connectivity index (χ0) is 19.1. The van der Waals surface area contributed by atoms with Gasteiger partial charge in [0.1, 0.15) is 0 Å². The van der Waals surface area contributed by atoms with Crippen molar-refractivity contribution in [3.8, 4) is 5.75 Å². The number of hydrogen-bond acceptors (Lipinski definition) is 6. The number of esters is 1. The SMILES string of the molecule is Cc1cccc(C)c1NC(=O)COC(=O)COc1ccccc1[N+](=O)[O-]. The fourth-order valence-corrected chi connectivity index (χ4v) is 2.24. The van der Waals surface area contributed by atoms with Crippen LogP contribution in [-0.2, 0) is 14.3 Å². The minimum Gasteiger partial charge on any atom is -0.475 e. The summed E-state index contributed by atoms with van der Waals surface area (Å²) in [6.45, 7) is 2.69. The molecular weight excluding hydrogens is 340 g/mol. The highest BCUT2D eigenvalue weighted by Crippen LogP contribution is 2.25. The lowest BCUT2D eigenvalue weighted by atomic mass is 10.1. The highest BCUT2D eigenvalue weighted by molar-refractivity contribution is 5.94. The molecule has 0 atom stereocenters. The molecule has 0 bridgehead atoms. The Bertz CT molecular complexity index is 814. The van der Waals surface area contributed by atoms with Crippen LogP contribution in [0.2, 0.25) is 0 Å². The van der Waals surface area contributed by atoms with Crippen molar-refractivity contribution < 1.29 is 24.0 Å². The number of carbonyl (C=O) groups excluding carboxylic acids is 2. The average Bonchev–Trinajstić information content (AvgIpc) is 2.61. The molecule has 0 heterocycles. The molecule has 2 aromatic carbocycles. The van der Waals surface area contributed by atoms with E-state index in [1.54, 1.807) is 6.07 Å². The van der Waals surface area contributed by atoms with Crippen LogP contribution in [0.3, 0.4) is 0 Å². The summed E-state index contributed by atoms with van der Waals surface area (Å²) in [4.78, 5) is 33.9. The molecule has 0 unspecified atom stereocenters. The lowest BCUT2D eigenvalue weighted by Gasteiger charge is -2.11. The van der Waals surface area contributed by atoms with E-state index >= 15 is 0 Å². The van der Waals surface area contributed by atoms with Crippen molar-refractivity contribution in [2.75, 3.05) is 18.5 Å². The summed E-state index contributed by atoms with van der Waals surface area (Å²) in [5.74, 6) is -1.34. The lowest BCUT2D eigenvalue weighted by Crippen LogP contribution is -2.24. The fourth-order valence-electron chi connectivity index (χ4n) is 2.24. The smallest absolute Gasteiger partial charge is 0.344 e. The number of rotatable bonds is 7. The third-order valence-electron chi connectivity index (χ3n) is 3.52. The van der Waals surface area contributed by atoms with Gasteiger partial charge in [0.2, 0.25) is 0 Å². The first-order chi connectivity index (χ1) is 12.4. The molecule has 0 radical (unpaired) electrons. The molecule has 8 heteroatoms. The van der Waals surface area contributed by atoms with Gasteiger partial charge in [0, 0.05) is 11.8 Å². The number of nitro groups is 1. The molecule has 8 nitrogen and oxygen atoms in total. The molecular formula is C18H18N2O6. The van der Waals surface area contributed by atoms with Gasteiger partial charge in [0.25, 0.3) is 5.91 Å². The van der Waals surface area contributed by atoms with Crippen LogP contribution in [0.1, 0.15) is 11.1 Å². The molecule has 136 valence electrons. The Morgan fingerprint density at radius 2 is 1.69 bits per heavy atom. The molecule has 0 saturated carbocycles. The van der Waals surface area contributed by atoms with Gasteiger partial charge in [0.05, 0.1) is 4.92 Å². The first-order valence-electron chi connectivity index (χ1n) is 7.76. The number of nitrogens with zero attached hydrogens (tertiary/aromatic N) is 1. The van der Waals surface area contributed by atoms with E-state index in [2.05, 4.69) is 5.32 Å². The Morgan fingerprint density at radius 3 is 2.35 bits per heavy atom. The van der Waals surface area contributed by atoms with Crippen LogP contribution >= 0.6 is 0 Å². The van der Waals surface area contributed by atoms with Gasteiger partial charge in [0.15, 0.2) is 19.0 Å². The van der Waals surface area contributed by atoms with E-state index in [1.165, 1.54) is 18.2 Å². The van der Waals surface area contributed by atoms with Gasteiger partial charge < -0.3 is 14.8 Å². The highest BCUT2D eigenvalue weighted by atomic mass is 16.6. The molecule has 2 aromatic rings. The van der Waals surface area contributed by atoms with Gasteiger partial charge >= 0.3 is 11.7 Å².